The molecule has 25 heavy (non-hydrogen) atoms. The minimum atomic E-state index is -0.188. The predicted octanol–water partition coefficient (Wildman–Crippen LogP) is 3.10. The van der Waals surface area contributed by atoms with Crippen molar-refractivity contribution in [1.82, 2.24) is 9.80 Å². The third-order valence-electron chi connectivity index (χ3n) is 5.01. The maximum Gasteiger partial charge on any atom is 0.289 e. The van der Waals surface area contributed by atoms with Crippen LogP contribution in [0.1, 0.15) is 33.8 Å². The lowest BCUT2D eigenvalue weighted by atomic mass is 10.0. The Balaban J connectivity index is 1.47. The van der Waals surface area contributed by atoms with E-state index in [1.165, 1.54) is 6.26 Å². The molecule has 2 amide bonds. The first kappa shape index (κ1) is 16.3. The number of nitrogens with zero attached hydrogens (tertiary/aromatic N) is 2. The van der Waals surface area contributed by atoms with Crippen molar-refractivity contribution in [1.29, 1.82) is 0 Å². The lowest BCUT2D eigenvalue weighted by molar-refractivity contribution is 0.0483. The van der Waals surface area contributed by atoms with Crippen LogP contribution < -0.4 is 0 Å². The fourth-order valence-electron chi connectivity index (χ4n) is 3.66. The number of likely N-dealkylation sites (tertiary alicyclic amines) is 1. The molecule has 2 fully saturated rings. The monoisotopic (exact) mass is 356 g/mol. The van der Waals surface area contributed by atoms with E-state index in [-0.39, 0.29) is 16.7 Å². The van der Waals surface area contributed by atoms with Gasteiger partial charge in [0.15, 0.2) is 5.76 Å². The van der Waals surface area contributed by atoms with Crippen molar-refractivity contribution in [2.75, 3.05) is 25.4 Å². The molecule has 4 rings (SSSR count). The molecule has 1 aromatic carbocycles. The molecule has 1 aromatic heterocycles. The van der Waals surface area contributed by atoms with Crippen molar-refractivity contribution in [3.8, 4) is 0 Å². The van der Waals surface area contributed by atoms with Gasteiger partial charge in [0.1, 0.15) is 0 Å². The smallest absolute Gasteiger partial charge is 0.289 e. The molecule has 130 valence electrons. The molecule has 0 unspecified atom stereocenters. The minimum Gasteiger partial charge on any atom is -0.459 e. The standard InChI is InChI=1S/C19H20N2O3S/c22-17(15-5-2-1-3-6-15)21-12-14-25-19(21)8-10-20(11-9-19)18(23)16-7-4-13-24-16/h1-7,13H,8-12,14H2. The molecule has 2 aromatic rings. The Morgan fingerprint density at radius 1 is 0.960 bits per heavy atom. The number of hydrogen-bond acceptors (Lipinski definition) is 4. The van der Waals surface area contributed by atoms with E-state index >= 15 is 0 Å². The number of hydrogen-bond donors (Lipinski definition) is 0. The molecule has 0 N–H and O–H groups in total. The highest BCUT2D eigenvalue weighted by atomic mass is 32.2. The molecule has 0 atom stereocenters. The van der Waals surface area contributed by atoms with Gasteiger partial charge in [-0.2, -0.15) is 0 Å². The molecule has 0 radical (unpaired) electrons. The minimum absolute atomic E-state index is 0.0659. The molecule has 3 heterocycles. The maximum atomic E-state index is 12.9. The third-order valence-corrected chi connectivity index (χ3v) is 6.56. The number of benzene rings is 1. The number of piperidine rings is 1. The van der Waals surface area contributed by atoms with Crippen LogP contribution in [0.5, 0.6) is 0 Å². The summed E-state index contributed by atoms with van der Waals surface area (Å²) in [6, 6.07) is 12.9. The summed E-state index contributed by atoms with van der Waals surface area (Å²) in [6.07, 6.45) is 3.11. The van der Waals surface area contributed by atoms with Crippen LogP contribution in [0.2, 0.25) is 0 Å². The molecule has 6 heteroatoms. The molecule has 2 aliphatic heterocycles. The summed E-state index contributed by atoms with van der Waals surface area (Å²) in [4.78, 5) is 29.0. The second-order valence-electron chi connectivity index (χ2n) is 6.39. The first-order valence-corrected chi connectivity index (χ1v) is 9.52. The maximum absolute atomic E-state index is 12.9. The second kappa shape index (κ2) is 6.59. The summed E-state index contributed by atoms with van der Waals surface area (Å²) in [6.45, 7) is 2.06. The molecular weight excluding hydrogens is 336 g/mol. The van der Waals surface area contributed by atoms with Crippen LogP contribution in [-0.2, 0) is 0 Å². The average Bonchev–Trinajstić information content (AvgIpc) is 3.32. The van der Waals surface area contributed by atoms with Gasteiger partial charge >= 0.3 is 0 Å². The summed E-state index contributed by atoms with van der Waals surface area (Å²) in [5.41, 5.74) is 0.735. The molecule has 0 bridgehead atoms. The number of amides is 2. The number of carbonyl (C=O) groups is 2. The molecule has 5 nitrogen and oxygen atoms in total. The number of furan rings is 1. The predicted molar refractivity (Wildman–Crippen MR) is 96.5 cm³/mol. The Labute approximate surface area is 151 Å². The van der Waals surface area contributed by atoms with Gasteiger partial charge in [0.25, 0.3) is 11.8 Å². The van der Waals surface area contributed by atoms with Gasteiger partial charge in [-0.05, 0) is 37.1 Å². The lowest BCUT2D eigenvalue weighted by Gasteiger charge is -2.44. The fourth-order valence-corrected chi connectivity index (χ4v) is 5.12. The largest absolute Gasteiger partial charge is 0.459 e. The summed E-state index contributed by atoms with van der Waals surface area (Å²) < 4.78 is 5.22. The van der Waals surface area contributed by atoms with Crippen molar-refractivity contribution < 1.29 is 14.0 Å². The second-order valence-corrected chi connectivity index (χ2v) is 7.84. The summed E-state index contributed by atoms with van der Waals surface area (Å²) >= 11 is 1.85. The summed E-state index contributed by atoms with van der Waals surface area (Å²) in [5.74, 6) is 1.36. The van der Waals surface area contributed by atoms with Crippen molar-refractivity contribution in [2.24, 2.45) is 0 Å². The van der Waals surface area contributed by atoms with Gasteiger partial charge in [0, 0.05) is 31.0 Å². The van der Waals surface area contributed by atoms with Crippen LogP contribution in [0.15, 0.2) is 53.1 Å². The van der Waals surface area contributed by atoms with Gasteiger partial charge < -0.3 is 14.2 Å². The van der Waals surface area contributed by atoms with E-state index in [4.69, 9.17) is 4.42 Å². The number of carbonyl (C=O) groups excluding carboxylic acids is 2. The zero-order valence-electron chi connectivity index (χ0n) is 13.9. The van der Waals surface area contributed by atoms with Crippen LogP contribution in [0.3, 0.4) is 0 Å². The van der Waals surface area contributed by atoms with E-state index < -0.39 is 0 Å². The molecule has 0 aliphatic carbocycles. The van der Waals surface area contributed by atoms with Crippen molar-refractivity contribution in [3.05, 3.63) is 60.1 Å². The molecule has 0 saturated carbocycles. The van der Waals surface area contributed by atoms with E-state index in [1.807, 2.05) is 51.9 Å². The summed E-state index contributed by atoms with van der Waals surface area (Å²) in [7, 11) is 0. The van der Waals surface area contributed by atoms with Crippen molar-refractivity contribution in [3.63, 3.8) is 0 Å². The number of rotatable bonds is 2. The quantitative estimate of drug-likeness (QED) is 0.830. The first-order chi connectivity index (χ1) is 12.2. The van der Waals surface area contributed by atoms with Crippen molar-refractivity contribution >= 4 is 23.6 Å². The Morgan fingerprint density at radius 2 is 1.72 bits per heavy atom. The third kappa shape index (κ3) is 2.95. The molecule has 2 aliphatic rings. The average molecular weight is 356 g/mol. The van der Waals surface area contributed by atoms with E-state index in [1.54, 1.807) is 12.1 Å². The number of thioether (sulfide) groups is 1. The van der Waals surface area contributed by atoms with Gasteiger partial charge in [-0.1, -0.05) is 18.2 Å². The Hall–Kier alpha value is -2.21. The van der Waals surface area contributed by atoms with Gasteiger partial charge in [-0.15, -0.1) is 11.8 Å². The first-order valence-electron chi connectivity index (χ1n) is 8.53. The van der Waals surface area contributed by atoms with E-state index in [2.05, 4.69) is 0 Å². The molecular formula is C19H20N2O3S. The van der Waals surface area contributed by atoms with Crippen LogP contribution in [0, 0.1) is 0 Å². The lowest BCUT2D eigenvalue weighted by Crippen LogP contribution is -2.53. The fraction of sp³-hybridized carbons (Fsp3) is 0.368. The van der Waals surface area contributed by atoms with Crippen LogP contribution in [0.25, 0.3) is 0 Å². The normalized spacial score (nSPS) is 19.4. The SMILES string of the molecule is O=C(c1ccco1)N1CCC2(CC1)SCCN2C(=O)c1ccccc1. The van der Waals surface area contributed by atoms with Crippen LogP contribution >= 0.6 is 11.8 Å². The van der Waals surface area contributed by atoms with Gasteiger partial charge in [-0.3, -0.25) is 9.59 Å². The Morgan fingerprint density at radius 3 is 2.40 bits per heavy atom. The summed E-state index contributed by atoms with van der Waals surface area (Å²) in [5, 5.41) is 0. The molecule has 1 spiro atoms. The van der Waals surface area contributed by atoms with E-state index in [9.17, 15) is 9.59 Å². The van der Waals surface area contributed by atoms with E-state index in [0.29, 0.717) is 18.8 Å². The van der Waals surface area contributed by atoms with Gasteiger partial charge in [-0.25, -0.2) is 0 Å². The highest BCUT2D eigenvalue weighted by Crippen LogP contribution is 2.44. The Kier molecular flexibility index (Phi) is 4.29. The van der Waals surface area contributed by atoms with Gasteiger partial charge in [0.2, 0.25) is 0 Å². The van der Waals surface area contributed by atoms with Gasteiger partial charge in [0.05, 0.1) is 11.1 Å². The van der Waals surface area contributed by atoms with E-state index in [0.717, 1.165) is 30.7 Å². The topological polar surface area (TPSA) is 53.8 Å². The molecule has 2 saturated heterocycles. The highest BCUT2D eigenvalue weighted by molar-refractivity contribution is 8.00. The van der Waals surface area contributed by atoms with Crippen LogP contribution in [0.4, 0.5) is 0 Å². The Bertz CT molecular complexity index is 752. The van der Waals surface area contributed by atoms with Crippen LogP contribution in [-0.4, -0.2) is 51.9 Å². The van der Waals surface area contributed by atoms with Crippen molar-refractivity contribution in [2.45, 2.75) is 17.7 Å². The highest BCUT2D eigenvalue weighted by Gasteiger charge is 2.47. The zero-order chi connectivity index (χ0) is 17.3. The zero-order valence-corrected chi connectivity index (χ0v) is 14.7.